The van der Waals surface area contributed by atoms with Crippen LogP contribution in [-0.4, -0.2) is 35.8 Å². The number of benzene rings is 2. The number of carbonyl (C=O) groups excluding carboxylic acids is 1. The van der Waals surface area contributed by atoms with E-state index in [4.69, 9.17) is 21.7 Å². The van der Waals surface area contributed by atoms with E-state index in [1.807, 2.05) is 24.3 Å². The highest BCUT2D eigenvalue weighted by Crippen LogP contribution is 2.34. The number of anilines is 2. The van der Waals surface area contributed by atoms with E-state index in [2.05, 4.69) is 34.6 Å². The molecule has 6 nitrogen and oxygen atoms in total. The Bertz CT molecular complexity index is 910. The van der Waals surface area contributed by atoms with E-state index in [1.54, 1.807) is 6.07 Å². The molecular weight excluding hydrogens is 386 g/mol. The van der Waals surface area contributed by atoms with Crippen LogP contribution in [0.4, 0.5) is 11.4 Å². The molecule has 29 heavy (non-hydrogen) atoms. The van der Waals surface area contributed by atoms with Crippen LogP contribution in [0.5, 0.6) is 11.5 Å². The predicted octanol–water partition coefficient (Wildman–Crippen LogP) is 4.03. The molecule has 0 saturated carbocycles. The van der Waals surface area contributed by atoms with E-state index in [9.17, 15) is 4.79 Å². The van der Waals surface area contributed by atoms with Gasteiger partial charge in [-0.15, -0.1) is 0 Å². The van der Waals surface area contributed by atoms with Crippen molar-refractivity contribution in [2.45, 2.75) is 26.2 Å². The maximum Gasteiger partial charge on any atom is 0.231 e. The number of aryl methyl sites for hydroxylation is 1. The van der Waals surface area contributed by atoms with Crippen molar-refractivity contribution < 1.29 is 14.3 Å². The summed E-state index contributed by atoms with van der Waals surface area (Å²) >= 11 is 5.58. The summed E-state index contributed by atoms with van der Waals surface area (Å²) in [7, 11) is 0. The summed E-state index contributed by atoms with van der Waals surface area (Å²) in [5.41, 5.74) is 3.02. The summed E-state index contributed by atoms with van der Waals surface area (Å²) < 4.78 is 10.7. The number of nitrogens with zero attached hydrogens (tertiary/aromatic N) is 1. The fraction of sp³-hybridized carbons (Fsp3) is 0.364. The lowest BCUT2D eigenvalue weighted by atomic mass is 9.96. The molecule has 1 saturated heterocycles. The first kappa shape index (κ1) is 19.5. The van der Waals surface area contributed by atoms with Gasteiger partial charge in [-0.25, -0.2) is 0 Å². The summed E-state index contributed by atoms with van der Waals surface area (Å²) in [6.07, 6.45) is 2.53. The lowest BCUT2D eigenvalue weighted by Crippen LogP contribution is -2.43. The molecule has 0 unspecified atom stereocenters. The molecular formula is C22H25N3O3S. The van der Waals surface area contributed by atoms with Crippen LogP contribution in [0.25, 0.3) is 0 Å². The summed E-state index contributed by atoms with van der Waals surface area (Å²) in [5, 5.41) is 7.04. The second-order valence-corrected chi connectivity index (χ2v) is 7.69. The zero-order chi connectivity index (χ0) is 20.2. The van der Waals surface area contributed by atoms with Gasteiger partial charge in [-0.2, -0.15) is 0 Å². The number of fused-ring (bicyclic) bond motifs is 1. The minimum absolute atomic E-state index is 0.0251. The van der Waals surface area contributed by atoms with Crippen molar-refractivity contribution in [3.63, 3.8) is 0 Å². The highest BCUT2D eigenvalue weighted by Gasteiger charge is 2.26. The Morgan fingerprint density at radius 2 is 1.83 bits per heavy atom. The first-order valence-electron chi connectivity index (χ1n) is 9.98. The van der Waals surface area contributed by atoms with E-state index in [0.717, 1.165) is 43.7 Å². The standard InChI is InChI=1S/C22H25N3O3S/c1-2-15-4-3-5-17(12-15)24-22(29)25-10-8-16(9-11-25)21(26)23-18-6-7-19-20(13-18)28-14-27-19/h3-7,12-13,16H,2,8-11,14H2,1H3,(H,23,26)(H,24,29). The van der Waals surface area contributed by atoms with Gasteiger partial charge in [0.05, 0.1) is 0 Å². The Labute approximate surface area is 176 Å². The maximum absolute atomic E-state index is 12.7. The number of likely N-dealkylation sites (tertiary alicyclic amines) is 1. The van der Waals surface area contributed by atoms with Gasteiger partial charge in [0, 0.05) is 36.4 Å². The van der Waals surface area contributed by atoms with Gasteiger partial charge in [-0.05, 0) is 61.3 Å². The fourth-order valence-electron chi connectivity index (χ4n) is 3.63. The largest absolute Gasteiger partial charge is 0.454 e. The molecule has 0 bridgehead atoms. The zero-order valence-corrected chi connectivity index (χ0v) is 17.3. The number of carbonyl (C=O) groups is 1. The number of hydrogen-bond donors (Lipinski definition) is 2. The predicted molar refractivity (Wildman–Crippen MR) is 118 cm³/mol. The van der Waals surface area contributed by atoms with Crippen LogP contribution in [0.3, 0.4) is 0 Å². The average molecular weight is 412 g/mol. The minimum Gasteiger partial charge on any atom is -0.454 e. The lowest BCUT2D eigenvalue weighted by Gasteiger charge is -2.33. The maximum atomic E-state index is 12.7. The lowest BCUT2D eigenvalue weighted by molar-refractivity contribution is -0.120. The molecule has 2 aliphatic rings. The van der Waals surface area contributed by atoms with Gasteiger partial charge < -0.3 is 25.0 Å². The van der Waals surface area contributed by atoms with Crippen LogP contribution in [0.2, 0.25) is 0 Å². The van der Waals surface area contributed by atoms with Crippen molar-refractivity contribution in [2.75, 3.05) is 30.5 Å². The van der Waals surface area contributed by atoms with Crippen LogP contribution in [0, 0.1) is 5.92 Å². The second-order valence-electron chi connectivity index (χ2n) is 7.30. The molecule has 0 radical (unpaired) electrons. The number of hydrogen-bond acceptors (Lipinski definition) is 4. The topological polar surface area (TPSA) is 62.8 Å². The van der Waals surface area contributed by atoms with Gasteiger partial charge in [0.25, 0.3) is 0 Å². The molecule has 1 fully saturated rings. The smallest absolute Gasteiger partial charge is 0.231 e. The average Bonchev–Trinajstić information content (AvgIpc) is 3.22. The number of piperidine rings is 1. The molecule has 0 aliphatic carbocycles. The molecule has 1 amide bonds. The Morgan fingerprint density at radius 1 is 1.07 bits per heavy atom. The van der Waals surface area contributed by atoms with Crippen LogP contribution in [0.1, 0.15) is 25.3 Å². The Kier molecular flexibility index (Phi) is 5.85. The fourth-order valence-corrected chi connectivity index (χ4v) is 3.94. The highest BCUT2D eigenvalue weighted by molar-refractivity contribution is 7.80. The Hall–Kier alpha value is -2.80. The third kappa shape index (κ3) is 4.62. The van der Waals surface area contributed by atoms with Gasteiger partial charge in [-0.3, -0.25) is 4.79 Å². The zero-order valence-electron chi connectivity index (χ0n) is 16.4. The summed E-state index contributed by atoms with van der Waals surface area (Å²) in [6.45, 7) is 3.88. The number of thiocarbonyl (C=S) groups is 1. The van der Waals surface area contributed by atoms with Crippen molar-refractivity contribution in [1.29, 1.82) is 0 Å². The number of nitrogens with one attached hydrogen (secondary N) is 2. The molecule has 0 spiro atoms. The quantitative estimate of drug-likeness (QED) is 0.741. The number of amides is 1. The molecule has 7 heteroatoms. The SMILES string of the molecule is CCc1cccc(NC(=S)N2CCC(C(=O)Nc3ccc4c(c3)OCO4)CC2)c1. The van der Waals surface area contributed by atoms with Crippen molar-refractivity contribution in [2.24, 2.45) is 5.92 Å². The van der Waals surface area contributed by atoms with Gasteiger partial charge in [0.1, 0.15) is 0 Å². The third-order valence-electron chi connectivity index (χ3n) is 5.38. The molecule has 0 aromatic heterocycles. The van der Waals surface area contributed by atoms with Crippen molar-refractivity contribution >= 4 is 34.6 Å². The number of ether oxygens (including phenoxy) is 2. The summed E-state index contributed by atoms with van der Waals surface area (Å²) in [4.78, 5) is 14.8. The molecule has 2 aromatic carbocycles. The normalized spacial score (nSPS) is 15.8. The van der Waals surface area contributed by atoms with Gasteiger partial charge >= 0.3 is 0 Å². The summed E-state index contributed by atoms with van der Waals surface area (Å²) in [5.74, 6) is 1.39. The van der Waals surface area contributed by atoms with Crippen LogP contribution >= 0.6 is 12.2 Å². The second kappa shape index (κ2) is 8.69. The monoisotopic (exact) mass is 411 g/mol. The van der Waals surface area contributed by atoms with E-state index in [-0.39, 0.29) is 18.6 Å². The van der Waals surface area contributed by atoms with Crippen molar-refractivity contribution in [3.8, 4) is 11.5 Å². The first-order chi connectivity index (χ1) is 14.1. The molecule has 2 aromatic rings. The Balaban J connectivity index is 1.28. The molecule has 0 atom stereocenters. The van der Waals surface area contributed by atoms with E-state index < -0.39 is 0 Å². The summed E-state index contributed by atoms with van der Waals surface area (Å²) in [6, 6.07) is 13.8. The minimum atomic E-state index is -0.0251. The van der Waals surface area contributed by atoms with Crippen molar-refractivity contribution in [1.82, 2.24) is 4.90 Å². The molecule has 2 N–H and O–H groups in total. The van der Waals surface area contributed by atoms with Crippen LogP contribution in [0.15, 0.2) is 42.5 Å². The van der Waals surface area contributed by atoms with E-state index in [0.29, 0.717) is 16.6 Å². The van der Waals surface area contributed by atoms with Crippen LogP contribution in [-0.2, 0) is 11.2 Å². The van der Waals surface area contributed by atoms with Gasteiger partial charge in [0.2, 0.25) is 12.7 Å². The first-order valence-corrected chi connectivity index (χ1v) is 10.4. The van der Waals surface area contributed by atoms with Gasteiger partial charge in [0.15, 0.2) is 16.6 Å². The third-order valence-corrected chi connectivity index (χ3v) is 5.74. The van der Waals surface area contributed by atoms with E-state index >= 15 is 0 Å². The van der Waals surface area contributed by atoms with E-state index in [1.165, 1.54) is 5.56 Å². The van der Waals surface area contributed by atoms with Crippen LogP contribution < -0.4 is 20.1 Å². The number of rotatable bonds is 4. The Morgan fingerprint density at radius 3 is 2.62 bits per heavy atom. The molecule has 4 rings (SSSR count). The highest BCUT2D eigenvalue weighted by atomic mass is 32.1. The van der Waals surface area contributed by atoms with Gasteiger partial charge in [-0.1, -0.05) is 19.1 Å². The molecule has 2 heterocycles. The van der Waals surface area contributed by atoms with Crippen molar-refractivity contribution in [3.05, 3.63) is 48.0 Å². The molecule has 2 aliphatic heterocycles. The molecule has 152 valence electrons.